The van der Waals surface area contributed by atoms with Crippen molar-refractivity contribution < 1.29 is 5.11 Å². The zero-order valence-corrected chi connectivity index (χ0v) is 9.65. The van der Waals surface area contributed by atoms with E-state index in [1.807, 2.05) is 11.8 Å². The first kappa shape index (κ1) is 11.4. The minimum atomic E-state index is -0.0252. The first-order valence-corrected chi connectivity index (χ1v) is 6.58. The normalized spacial score (nSPS) is 31.6. The highest BCUT2D eigenvalue weighted by Crippen LogP contribution is 2.30. The van der Waals surface area contributed by atoms with E-state index in [9.17, 15) is 5.11 Å². The number of aliphatic hydroxyl groups excluding tert-OH is 1. The van der Waals surface area contributed by atoms with Crippen LogP contribution in [0, 0.1) is 5.92 Å². The first-order valence-electron chi connectivity index (χ1n) is 5.53. The average Bonchev–Trinajstić information content (AvgIpc) is 2.16. The molecule has 1 N–H and O–H groups in total. The summed E-state index contributed by atoms with van der Waals surface area (Å²) in [4.78, 5) is 0. The van der Waals surface area contributed by atoms with Crippen molar-refractivity contribution in [2.24, 2.45) is 5.92 Å². The molecular formula is C11H22OS. The van der Waals surface area contributed by atoms with Gasteiger partial charge in [-0.15, -0.1) is 0 Å². The lowest BCUT2D eigenvalue weighted by atomic mass is 9.97. The van der Waals surface area contributed by atoms with E-state index < -0.39 is 0 Å². The van der Waals surface area contributed by atoms with Crippen molar-refractivity contribution in [3.8, 4) is 0 Å². The van der Waals surface area contributed by atoms with Crippen LogP contribution in [0.4, 0.5) is 0 Å². The summed E-state index contributed by atoms with van der Waals surface area (Å²) in [6.45, 7) is 4.53. The topological polar surface area (TPSA) is 20.2 Å². The van der Waals surface area contributed by atoms with Crippen LogP contribution in [0.15, 0.2) is 0 Å². The van der Waals surface area contributed by atoms with E-state index in [1.165, 1.54) is 31.4 Å². The molecule has 3 atom stereocenters. The lowest BCUT2D eigenvalue weighted by Gasteiger charge is -2.27. The molecule has 0 aromatic heterocycles. The Bertz CT molecular complexity index is 138. The number of aliphatic hydroxyl groups is 1. The molecule has 0 aliphatic heterocycles. The highest BCUT2D eigenvalue weighted by molar-refractivity contribution is 7.99. The minimum absolute atomic E-state index is 0.0252. The fraction of sp³-hybridized carbons (Fsp3) is 1.00. The maximum Gasteiger partial charge on any atom is 0.0658 e. The Morgan fingerprint density at radius 1 is 1.38 bits per heavy atom. The Morgan fingerprint density at radius 2 is 2.08 bits per heavy atom. The van der Waals surface area contributed by atoms with Gasteiger partial charge >= 0.3 is 0 Å². The van der Waals surface area contributed by atoms with Crippen LogP contribution in [0.2, 0.25) is 0 Å². The van der Waals surface area contributed by atoms with Gasteiger partial charge in [0.2, 0.25) is 0 Å². The predicted molar refractivity (Wildman–Crippen MR) is 60.2 cm³/mol. The Balaban J connectivity index is 2.18. The SMILES string of the molecule is CCC(C)CSC1CCCCC1O. The molecule has 1 saturated carbocycles. The molecule has 13 heavy (non-hydrogen) atoms. The van der Waals surface area contributed by atoms with E-state index in [4.69, 9.17) is 0 Å². The van der Waals surface area contributed by atoms with Crippen molar-refractivity contribution >= 4 is 11.8 Å². The van der Waals surface area contributed by atoms with Crippen LogP contribution in [-0.2, 0) is 0 Å². The Hall–Kier alpha value is 0.310. The third-order valence-electron chi connectivity index (χ3n) is 2.96. The van der Waals surface area contributed by atoms with Gasteiger partial charge in [-0.25, -0.2) is 0 Å². The molecule has 1 aliphatic rings. The molecule has 2 heteroatoms. The van der Waals surface area contributed by atoms with Crippen LogP contribution < -0.4 is 0 Å². The van der Waals surface area contributed by atoms with Gasteiger partial charge in [0.05, 0.1) is 6.10 Å². The third-order valence-corrected chi connectivity index (χ3v) is 4.70. The molecule has 0 aromatic carbocycles. The highest BCUT2D eigenvalue weighted by atomic mass is 32.2. The summed E-state index contributed by atoms with van der Waals surface area (Å²) in [6.07, 6.45) is 6.02. The summed E-state index contributed by atoms with van der Waals surface area (Å²) in [5.41, 5.74) is 0. The van der Waals surface area contributed by atoms with Gasteiger partial charge in [0.25, 0.3) is 0 Å². The van der Waals surface area contributed by atoms with E-state index in [0.29, 0.717) is 5.25 Å². The Kier molecular flexibility index (Phi) is 5.18. The fourth-order valence-electron chi connectivity index (χ4n) is 1.68. The van der Waals surface area contributed by atoms with Crippen LogP contribution in [0.5, 0.6) is 0 Å². The molecule has 0 spiro atoms. The van der Waals surface area contributed by atoms with E-state index >= 15 is 0 Å². The van der Waals surface area contributed by atoms with Gasteiger partial charge in [0.1, 0.15) is 0 Å². The second-order valence-electron chi connectivity index (χ2n) is 4.24. The van der Waals surface area contributed by atoms with Crippen LogP contribution in [-0.4, -0.2) is 22.2 Å². The maximum absolute atomic E-state index is 9.73. The summed E-state index contributed by atoms with van der Waals surface area (Å²) in [6, 6.07) is 0. The molecule has 0 saturated heterocycles. The quantitative estimate of drug-likeness (QED) is 0.756. The summed E-state index contributed by atoms with van der Waals surface area (Å²) in [7, 11) is 0. The molecule has 1 rings (SSSR count). The summed E-state index contributed by atoms with van der Waals surface area (Å²) in [5.74, 6) is 2.03. The molecule has 0 heterocycles. The van der Waals surface area contributed by atoms with E-state index in [0.717, 1.165) is 12.3 Å². The first-order chi connectivity index (χ1) is 6.24. The monoisotopic (exact) mass is 202 g/mol. The Morgan fingerprint density at radius 3 is 2.69 bits per heavy atom. The van der Waals surface area contributed by atoms with Crippen molar-refractivity contribution in [2.75, 3.05) is 5.75 Å². The molecule has 0 amide bonds. The van der Waals surface area contributed by atoms with Crippen LogP contribution in [0.1, 0.15) is 46.0 Å². The van der Waals surface area contributed by atoms with Crippen molar-refractivity contribution in [1.29, 1.82) is 0 Å². The lowest BCUT2D eigenvalue weighted by molar-refractivity contribution is 0.137. The zero-order valence-electron chi connectivity index (χ0n) is 8.83. The van der Waals surface area contributed by atoms with Gasteiger partial charge in [-0.2, -0.15) is 11.8 Å². The molecule has 0 aromatic rings. The number of rotatable bonds is 4. The predicted octanol–water partition coefficient (Wildman–Crippen LogP) is 3.07. The summed E-state index contributed by atoms with van der Waals surface area (Å²) >= 11 is 1.99. The third kappa shape index (κ3) is 3.90. The second-order valence-corrected chi connectivity index (χ2v) is 5.51. The van der Waals surface area contributed by atoms with Crippen molar-refractivity contribution in [3.05, 3.63) is 0 Å². The lowest BCUT2D eigenvalue weighted by Crippen LogP contribution is -2.27. The van der Waals surface area contributed by atoms with E-state index in [2.05, 4.69) is 13.8 Å². The molecular weight excluding hydrogens is 180 g/mol. The van der Waals surface area contributed by atoms with Gasteiger partial charge in [-0.1, -0.05) is 33.1 Å². The summed E-state index contributed by atoms with van der Waals surface area (Å²) < 4.78 is 0. The van der Waals surface area contributed by atoms with Gasteiger partial charge in [0.15, 0.2) is 0 Å². The van der Waals surface area contributed by atoms with E-state index in [-0.39, 0.29) is 6.10 Å². The zero-order chi connectivity index (χ0) is 9.68. The highest BCUT2D eigenvalue weighted by Gasteiger charge is 2.23. The molecule has 0 radical (unpaired) electrons. The number of thioether (sulfide) groups is 1. The van der Waals surface area contributed by atoms with Crippen molar-refractivity contribution in [2.45, 2.75) is 57.3 Å². The van der Waals surface area contributed by atoms with Crippen LogP contribution >= 0.6 is 11.8 Å². The van der Waals surface area contributed by atoms with Crippen molar-refractivity contribution in [3.63, 3.8) is 0 Å². The van der Waals surface area contributed by atoms with Gasteiger partial charge in [-0.3, -0.25) is 0 Å². The van der Waals surface area contributed by atoms with Crippen molar-refractivity contribution in [1.82, 2.24) is 0 Å². The molecule has 1 aliphatic carbocycles. The Labute approximate surface area is 86.3 Å². The van der Waals surface area contributed by atoms with Gasteiger partial charge in [-0.05, 0) is 24.5 Å². The van der Waals surface area contributed by atoms with Crippen LogP contribution in [0.3, 0.4) is 0 Å². The molecule has 1 nitrogen and oxygen atoms in total. The standard InChI is InChI=1S/C11H22OS/c1-3-9(2)8-13-11-7-5-4-6-10(11)12/h9-12H,3-8H2,1-2H3. The van der Waals surface area contributed by atoms with Gasteiger partial charge in [0, 0.05) is 5.25 Å². The fourth-order valence-corrected chi connectivity index (χ4v) is 3.18. The minimum Gasteiger partial charge on any atom is -0.392 e. The molecule has 78 valence electrons. The van der Waals surface area contributed by atoms with Crippen LogP contribution in [0.25, 0.3) is 0 Å². The summed E-state index contributed by atoms with van der Waals surface area (Å²) in [5, 5.41) is 10.3. The van der Waals surface area contributed by atoms with E-state index in [1.54, 1.807) is 0 Å². The molecule has 3 unspecified atom stereocenters. The average molecular weight is 202 g/mol. The maximum atomic E-state index is 9.73. The number of hydrogen-bond donors (Lipinski definition) is 1. The second kappa shape index (κ2) is 5.92. The number of hydrogen-bond acceptors (Lipinski definition) is 2. The van der Waals surface area contributed by atoms with Gasteiger partial charge < -0.3 is 5.11 Å². The molecule has 0 bridgehead atoms. The smallest absolute Gasteiger partial charge is 0.0658 e. The molecule has 1 fully saturated rings. The largest absolute Gasteiger partial charge is 0.392 e.